The first-order valence-corrected chi connectivity index (χ1v) is 6.82. The van der Waals surface area contributed by atoms with Crippen LogP contribution in [0, 0.1) is 0 Å². The second kappa shape index (κ2) is 4.88. The molecule has 0 radical (unpaired) electrons. The molecule has 18 heavy (non-hydrogen) atoms. The van der Waals surface area contributed by atoms with Crippen molar-refractivity contribution in [2.75, 3.05) is 19.6 Å². The van der Waals surface area contributed by atoms with E-state index in [1.54, 1.807) is 6.92 Å². The molecule has 2 rings (SSSR count). The standard InChI is InChI=1S/C13H22N2O3/c1-3-7-14-8-4-5-13(14)6-9-15(12(13)18)10(2)11(16)17/h10H,3-9H2,1-2H3,(H,16,17). The van der Waals surface area contributed by atoms with Gasteiger partial charge in [-0.15, -0.1) is 0 Å². The molecule has 2 unspecified atom stereocenters. The Kier molecular flexibility index (Phi) is 3.61. The Morgan fingerprint density at radius 2 is 2.17 bits per heavy atom. The van der Waals surface area contributed by atoms with Gasteiger partial charge in [-0.1, -0.05) is 6.92 Å². The largest absolute Gasteiger partial charge is 0.480 e. The molecular formula is C13H22N2O3. The number of hydrogen-bond acceptors (Lipinski definition) is 3. The Labute approximate surface area is 108 Å². The van der Waals surface area contributed by atoms with Crippen LogP contribution < -0.4 is 0 Å². The highest BCUT2D eigenvalue weighted by Gasteiger charge is 2.54. The average molecular weight is 254 g/mol. The number of carbonyl (C=O) groups excluding carboxylic acids is 1. The SMILES string of the molecule is CCCN1CCCC12CCN(C(C)C(=O)O)C2=O. The molecule has 0 aromatic heterocycles. The molecule has 5 heteroatoms. The lowest BCUT2D eigenvalue weighted by atomic mass is 9.94. The summed E-state index contributed by atoms with van der Waals surface area (Å²) in [6, 6.07) is -0.707. The molecule has 0 aliphatic carbocycles. The number of carboxylic acids is 1. The van der Waals surface area contributed by atoms with E-state index in [4.69, 9.17) is 5.11 Å². The maximum absolute atomic E-state index is 12.6. The van der Waals surface area contributed by atoms with Crippen LogP contribution in [0.15, 0.2) is 0 Å². The van der Waals surface area contributed by atoms with Gasteiger partial charge in [0.1, 0.15) is 11.6 Å². The predicted molar refractivity (Wildman–Crippen MR) is 67.3 cm³/mol. The molecule has 0 aromatic carbocycles. The van der Waals surface area contributed by atoms with Crippen LogP contribution in [0.1, 0.15) is 39.5 Å². The highest BCUT2D eigenvalue weighted by atomic mass is 16.4. The minimum absolute atomic E-state index is 0.0309. The summed E-state index contributed by atoms with van der Waals surface area (Å²) in [6.07, 6.45) is 3.74. The first-order valence-electron chi connectivity index (χ1n) is 6.82. The fraction of sp³-hybridized carbons (Fsp3) is 0.846. The topological polar surface area (TPSA) is 60.9 Å². The highest BCUT2D eigenvalue weighted by molar-refractivity contribution is 5.92. The summed E-state index contributed by atoms with van der Waals surface area (Å²) in [5, 5.41) is 9.05. The van der Waals surface area contributed by atoms with Crippen LogP contribution >= 0.6 is 0 Å². The minimum Gasteiger partial charge on any atom is -0.480 e. The maximum Gasteiger partial charge on any atom is 0.326 e. The molecule has 0 bridgehead atoms. The predicted octanol–water partition coefficient (Wildman–Crippen LogP) is 0.936. The Morgan fingerprint density at radius 3 is 2.78 bits per heavy atom. The molecule has 2 fully saturated rings. The summed E-state index contributed by atoms with van der Waals surface area (Å²) in [5.74, 6) is -0.885. The fourth-order valence-electron chi connectivity index (χ4n) is 3.34. The van der Waals surface area contributed by atoms with Crippen molar-refractivity contribution >= 4 is 11.9 Å². The van der Waals surface area contributed by atoms with E-state index in [0.29, 0.717) is 6.54 Å². The number of carboxylic acid groups (broad SMARTS) is 1. The number of likely N-dealkylation sites (tertiary alicyclic amines) is 2. The van der Waals surface area contributed by atoms with Gasteiger partial charge in [0, 0.05) is 6.54 Å². The van der Waals surface area contributed by atoms with Crippen LogP contribution in [-0.4, -0.2) is 58.0 Å². The highest BCUT2D eigenvalue weighted by Crippen LogP contribution is 2.39. The molecule has 1 spiro atoms. The number of amides is 1. The van der Waals surface area contributed by atoms with E-state index in [2.05, 4.69) is 11.8 Å². The quantitative estimate of drug-likeness (QED) is 0.811. The van der Waals surface area contributed by atoms with E-state index < -0.39 is 12.0 Å². The first kappa shape index (κ1) is 13.3. The number of hydrogen-bond donors (Lipinski definition) is 1. The van der Waals surface area contributed by atoms with E-state index in [9.17, 15) is 9.59 Å². The van der Waals surface area contributed by atoms with Crippen LogP contribution in [0.2, 0.25) is 0 Å². The van der Waals surface area contributed by atoms with Crippen LogP contribution in [0.25, 0.3) is 0 Å². The molecule has 2 heterocycles. The van der Waals surface area contributed by atoms with Crippen molar-refractivity contribution in [1.82, 2.24) is 9.80 Å². The van der Waals surface area contributed by atoms with Gasteiger partial charge >= 0.3 is 5.97 Å². The van der Waals surface area contributed by atoms with Crippen molar-refractivity contribution in [2.45, 2.75) is 51.1 Å². The molecular weight excluding hydrogens is 232 g/mol. The third-order valence-corrected chi connectivity index (χ3v) is 4.37. The van der Waals surface area contributed by atoms with Gasteiger partial charge in [-0.3, -0.25) is 9.69 Å². The number of rotatable bonds is 4. The third-order valence-electron chi connectivity index (χ3n) is 4.37. The lowest BCUT2D eigenvalue weighted by molar-refractivity contribution is -0.150. The number of carbonyl (C=O) groups is 2. The Morgan fingerprint density at radius 1 is 1.44 bits per heavy atom. The van der Waals surface area contributed by atoms with Crippen molar-refractivity contribution in [1.29, 1.82) is 0 Å². The molecule has 2 aliphatic rings. The summed E-state index contributed by atoms with van der Waals surface area (Å²) in [4.78, 5) is 27.4. The van der Waals surface area contributed by atoms with Gasteiger partial charge in [0.2, 0.25) is 5.91 Å². The van der Waals surface area contributed by atoms with Crippen molar-refractivity contribution in [3.63, 3.8) is 0 Å². The zero-order valence-corrected chi connectivity index (χ0v) is 11.2. The van der Waals surface area contributed by atoms with Gasteiger partial charge in [0.15, 0.2) is 0 Å². The van der Waals surface area contributed by atoms with Crippen molar-refractivity contribution in [3.8, 4) is 0 Å². The van der Waals surface area contributed by atoms with Crippen molar-refractivity contribution in [2.24, 2.45) is 0 Å². The smallest absolute Gasteiger partial charge is 0.326 e. The minimum atomic E-state index is -0.916. The molecule has 0 aromatic rings. The van der Waals surface area contributed by atoms with Gasteiger partial charge < -0.3 is 10.0 Å². The van der Waals surface area contributed by atoms with E-state index in [0.717, 1.165) is 38.8 Å². The molecule has 1 N–H and O–H groups in total. The summed E-state index contributed by atoms with van der Waals surface area (Å²) >= 11 is 0. The van der Waals surface area contributed by atoms with Crippen LogP contribution in [0.3, 0.4) is 0 Å². The molecule has 2 saturated heterocycles. The van der Waals surface area contributed by atoms with Gasteiger partial charge in [0.25, 0.3) is 0 Å². The number of nitrogens with zero attached hydrogens (tertiary/aromatic N) is 2. The molecule has 2 aliphatic heterocycles. The van der Waals surface area contributed by atoms with Gasteiger partial charge in [-0.25, -0.2) is 4.79 Å². The maximum atomic E-state index is 12.6. The molecule has 102 valence electrons. The first-order chi connectivity index (χ1) is 8.53. The molecule has 5 nitrogen and oxygen atoms in total. The molecule has 1 amide bonds. The second-order valence-corrected chi connectivity index (χ2v) is 5.38. The summed E-state index contributed by atoms with van der Waals surface area (Å²) in [5.41, 5.74) is -0.389. The lowest BCUT2D eigenvalue weighted by Crippen LogP contribution is -2.52. The zero-order chi connectivity index (χ0) is 13.3. The third kappa shape index (κ3) is 1.90. The van der Waals surface area contributed by atoms with E-state index >= 15 is 0 Å². The van der Waals surface area contributed by atoms with Crippen molar-refractivity contribution < 1.29 is 14.7 Å². The summed E-state index contributed by atoms with van der Waals surface area (Å²) < 4.78 is 0. The van der Waals surface area contributed by atoms with Gasteiger partial charge in [0.05, 0.1) is 0 Å². The monoisotopic (exact) mass is 254 g/mol. The van der Waals surface area contributed by atoms with Gasteiger partial charge in [-0.05, 0) is 45.7 Å². The van der Waals surface area contributed by atoms with Crippen molar-refractivity contribution in [3.05, 3.63) is 0 Å². The van der Waals surface area contributed by atoms with Crippen LogP contribution in [0.4, 0.5) is 0 Å². The number of aliphatic carboxylic acids is 1. The van der Waals surface area contributed by atoms with E-state index in [1.165, 1.54) is 4.90 Å². The van der Waals surface area contributed by atoms with E-state index in [1.807, 2.05) is 0 Å². The fourth-order valence-corrected chi connectivity index (χ4v) is 3.34. The molecule has 0 saturated carbocycles. The Bertz CT molecular complexity index is 358. The van der Waals surface area contributed by atoms with E-state index in [-0.39, 0.29) is 11.4 Å². The van der Waals surface area contributed by atoms with Crippen LogP contribution in [0.5, 0.6) is 0 Å². The Balaban J connectivity index is 2.17. The Hall–Kier alpha value is -1.10. The van der Waals surface area contributed by atoms with Crippen LogP contribution in [-0.2, 0) is 9.59 Å². The summed E-state index contributed by atoms with van der Waals surface area (Å²) in [6.45, 7) is 6.18. The zero-order valence-electron chi connectivity index (χ0n) is 11.2. The summed E-state index contributed by atoms with van der Waals surface area (Å²) in [7, 11) is 0. The molecule has 2 atom stereocenters. The lowest BCUT2D eigenvalue weighted by Gasteiger charge is -2.33. The normalized spacial score (nSPS) is 30.3. The average Bonchev–Trinajstić information content (AvgIpc) is 2.87. The second-order valence-electron chi connectivity index (χ2n) is 5.38. The van der Waals surface area contributed by atoms with Gasteiger partial charge in [-0.2, -0.15) is 0 Å².